The van der Waals surface area contributed by atoms with Crippen LogP contribution in [-0.2, 0) is 31.8 Å². The molecule has 0 aromatic rings. The molecule has 0 saturated heterocycles. The Balaban J connectivity index is 0. The summed E-state index contributed by atoms with van der Waals surface area (Å²) in [4.78, 5) is 19.6. The molecular weight excluding hydrogens is 251 g/mol. The van der Waals surface area contributed by atoms with Crippen LogP contribution in [0.25, 0.3) is 0 Å². The van der Waals surface area contributed by atoms with Gasteiger partial charge in [-0.3, -0.25) is 0 Å². The first-order valence-electron chi connectivity index (χ1n) is 3.04. The van der Waals surface area contributed by atoms with Gasteiger partial charge in [-0.2, -0.15) is 8.60 Å². The summed E-state index contributed by atoms with van der Waals surface area (Å²) in [5, 5.41) is 0. The Hall–Kier alpha value is 1.23. The van der Waals surface area contributed by atoms with Crippen molar-refractivity contribution in [2.24, 2.45) is 0 Å². The quantitative estimate of drug-likeness (QED) is 0.402. The second-order valence-corrected chi connectivity index (χ2v) is 2.47. The molecule has 0 atom stereocenters. The largest absolute Gasteiger partial charge is 2.00 e. The van der Waals surface area contributed by atoms with E-state index in [2.05, 4.69) is 11.4 Å². The number of hydrogen-bond donors (Lipinski definition) is 0. The predicted octanol–water partition coefficient (Wildman–Crippen LogP) is 0.138. The molecule has 0 saturated carbocycles. The van der Waals surface area contributed by atoms with Crippen molar-refractivity contribution in [3.63, 3.8) is 0 Å². The maximum atomic E-state index is 9.78. The van der Waals surface area contributed by atoms with Crippen molar-refractivity contribution in [3.05, 3.63) is 0 Å². The van der Waals surface area contributed by atoms with Gasteiger partial charge in [0.1, 0.15) is 0 Å². The van der Waals surface area contributed by atoms with Crippen LogP contribution >= 0.6 is 8.60 Å². The molecule has 0 N–H and O–H groups in total. The SMILES string of the molecule is CCCCCOP([O-])[O-].[Cd+2]. The van der Waals surface area contributed by atoms with Crippen LogP contribution in [0.4, 0.5) is 0 Å². The number of unbranched alkanes of at least 4 members (excludes halogenated alkanes) is 2. The van der Waals surface area contributed by atoms with Gasteiger partial charge in [-0.1, -0.05) is 19.8 Å². The van der Waals surface area contributed by atoms with Crippen molar-refractivity contribution in [2.75, 3.05) is 6.61 Å². The Bertz CT molecular complexity index is 62.9. The van der Waals surface area contributed by atoms with Gasteiger partial charge in [0, 0.05) is 6.61 Å². The first-order valence-corrected chi connectivity index (χ1v) is 4.14. The van der Waals surface area contributed by atoms with Crippen molar-refractivity contribution >= 4 is 8.60 Å². The Labute approximate surface area is 82.9 Å². The molecule has 0 aromatic heterocycles. The number of hydrogen-bond acceptors (Lipinski definition) is 3. The van der Waals surface area contributed by atoms with E-state index in [0.29, 0.717) is 6.61 Å². The molecule has 0 aromatic carbocycles. The van der Waals surface area contributed by atoms with Gasteiger partial charge in [0.15, 0.2) is 0 Å². The van der Waals surface area contributed by atoms with E-state index in [1.54, 1.807) is 0 Å². The van der Waals surface area contributed by atoms with Crippen molar-refractivity contribution in [1.82, 2.24) is 0 Å². The fourth-order valence-electron chi connectivity index (χ4n) is 0.491. The van der Waals surface area contributed by atoms with E-state index >= 15 is 0 Å². The average molecular weight is 263 g/mol. The van der Waals surface area contributed by atoms with E-state index in [1.165, 1.54) is 0 Å². The second kappa shape index (κ2) is 10.2. The van der Waals surface area contributed by atoms with E-state index in [4.69, 9.17) is 0 Å². The van der Waals surface area contributed by atoms with Crippen LogP contribution in [0.1, 0.15) is 26.2 Å². The van der Waals surface area contributed by atoms with Gasteiger partial charge in [0.05, 0.1) is 0 Å². The molecule has 3 nitrogen and oxygen atoms in total. The second-order valence-electron chi connectivity index (χ2n) is 1.76. The Morgan fingerprint density at radius 3 is 2.30 bits per heavy atom. The third kappa shape index (κ3) is 12.0. The molecule has 0 radical (unpaired) electrons. The molecule has 0 aliphatic heterocycles. The third-order valence-corrected chi connectivity index (χ3v) is 1.34. The van der Waals surface area contributed by atoms with Crippen LogP contribution in [0, 0.1) is 0 Å². The molecule has 10 heavy (non-hydrogen) atoms. The van der Waals surface area contributed by atoms with Crippen molar-refractivity contribution in [2.45, 2.75) is 26.2 Å². The molecular formula is C5H11CdO3P. The summed E-state index contributed by atoms with van der Waals surface area (Å²) in [6.07, 6.45) is 2.95. The summed E-state index contributed by atoms with van der Waals surface area (Å²) >= 11 is 0. The zero-order valence-electron chi connectivity index (χ0n) is 6.21. The minimum absolute atomic E-state index is 0. The maximum absolute atomic E-state index is 9.78. The molecule has 0 fully saturated rings. The fraction of sp³-hybridized carbons (Fsp3) is 1.00. The molecule has 56 valence electrons. The molecule has 0 aliphatic carbocycles. The average Bonchev–Trinajstić information content (AvgIpc) is 1.80. The summed E-state index contributed by atoms with van der Waals surface area (Å²) in [7, 11) is -2.62. The van der Waals surface area contributed by atoms with Gasteiger partial charge in [0.2, 0.25) is 0 Å². The zero-order chi connectivity index (χ0) is 7.11. The Kier molecular flexibility index (Phi) is 14.1. The van der Waals surface area contributed by atoms with Gasteiger partial charge >= 0.3 is 27.3 Å². The monoisotopic (exact) mass is 264 g/mol. The molecule has 0 spiro atoms. The first-order chi connectivity index (χ1) is 4.27. The molecule has 0 bridgehead atoms. The summed E-state index contributed by atoms with van der Waals surface area (Å²) in [6.45, 7) is 2.39. The van der Waals surface area contributed by atoms with Gasteiger partial charge in [0.25, 0.3) is 0 Å². The molecule has 0 aliphatic rings. The predicted molar refractivity (Wildman–Crippen MR) is 32.4 cm³/mol. The molecule has 0 amide bonds. The van der Waals surface area contributed by atoms with E-state index in [9.17, 15) is 9.79 Å². The zero-order valence-corrected chi connectivity index (χ0v) is 11.1. The minimum atomic E-state index is -2.62. The van der Waals surface area contributed by atoms with Crippen molar-refractivity contribution in [3.8, 4) is 0 Å². The Morgan fingerprint density at radius 1 is 1.30 bits per heavy atom. The summed E-state index contributed by atoms with van der Waals surface area (Å²) < 4.78 is 4.30. The van der Waals surface area contributed by atoms with Gasteiger partial charge < -0.3 is 14.3 Å². The minimum Gasteiger partial charge on any atom is -0.820 e. The summed E-state index contributed by atoms with van der Waals surface area (Å²) in [5.41, 5.74) is 0. The number of rotatable bonds is 5. The topological polar surface area (TPSA) is 55.3 Å². The van der Waals surface area contributed by atoms with Gasteiger partial charge in [-0.15, -0.1) is 0 Å². The van der Waals surface area contributed by atoms with Crippen LogP contribution in [0.15, 0.2) is 0 Å². The smallest absolute Gasteiger partial charge is 0.820 e. The van der Waals surface area contributed by atoms with Crippen LogP contribution in [0.5, 0.6) is 0 Å². The third-order valence-electron chi connectivity index (χ3n) is 0.945. The van der Waals surface area contributed by atoms with E-state index < -0.39 is 8.60 Å². The first kappa shape index (κ1) is 13.8. The molecule has 0 rings (SSSR count). The van der Waals surface area contributed by atoms with Crippen molar-refractivity contribution < 1.29 is 41.6 Å². The fourth-order valence-corrected chi connectivity index (χ4v) is 0.769. The normalized spacial score (nSPS) is 9.60. The van der Waals surface area contributed by atoms with Crippen LogP contribution in [0.3, 0.4) is 0 Å². The maximum Gasteiger partial charge on any atom is 2.00 e. The van der Waals surface area contributed by atoms with Crippen LogP contribution < -0.4 is 9.79 Å². The molecule has 0 unspecified atom stereocenters. The Morgan fingerprint density at radius 2 is 1.90 bits per heavy atom. The van der Waals surface area contributed by atoms with Gasteiger partial charge in [-0.25, -0.2) is 0 Å². The van der Waals surface area contributed by atoms with E-state index in [0.717, 1.165) is 19.3 Å². The van der Waals surface area contributed by atoms with Crippen LogP contribution in [-0.4, -0.2) is 6.61 Å². The molecule has 5 heteroatoms. The van der Waals surface area contributed by atoms with E-state index in [-0.39, 0.29) is 27.3 Å². The molecule has 0 heterocycles. The van der Waals surface area contributed by atoms with Crippen LogP contribution in [0.2, 0.25) is 0 Å². The van der Waals surface area contributed by atoms with Crippen molar-refractivity contribution in [1.29, 1.82) is 0 Å². The van der Waals surface area contributed by atoms with Gasteiger partial charge in [-0.05, 0) is 6.42 Å². The summed E-state index contributed by atoms with van der Waals surface area (Å²) in [5.74, 6) is 0. The standard InChI is InChI=1S/C5H11O3P.Cd/c1-2-3-4-5-8-9(6)7;/h2-5H2,1H3;/q-2;+2. The summed E-state index contributed by atoms with van der Waals surface area (Å²) in [6, 6.07) is 0. The van der Waals surface area contributed by atoms with E-state index in [1.807, 2.05) is 0 Å².